The monoisotopic (exact) mass is 380 g/mol. The number of ether oxygens (including phenoxy) is 2. The van der Waals surface area contributed by atoms with Crippen molar-refractivity contribution in [3.63, 3.8) is 0 Å². The van der Waals surface area contributed by atoms with Crippen LogP contribution in [0.15, 0.2) is 24.3 Å². The average molecular weight is 381 g/mol. The number of fused-ring (bicyclic) bond motifs is 1. The lowest BCUT2D eigenvalue weighted by Gasteiger charge is -2.25. The van der Waals surface area contributed by atoms with Gasteiger partial charge in [0.05, 0.1) is 11.8 Å². The zero-order valence-corrected chi connectivity index (χ0v) is 14.7. The van der Waals surface area contributed by atoms with Gasteiger partial charge < -0.3 is 9.47 Å². The van der Waals surface area contributed by atoms with E-state index in [2.05, 4.69) is 0 Å². The Morgan fingerprint density at radius 1 is 1.27 bits per heavy atom. The van der Waals surface area contributed by atoms with Crippen LogP contribution >= 0.6 is 11.6 Å². The molecule has 1 aromatic rings. The van der Waals surface area contributed by atoms with Crippen LogP contribution in [0.2, 0.25) is 0 Å². The molecule has 7 heteroatoms. The van der Waals surface area contributed by atoms with E-state index in [1.807, 2.05) is 0 Å². The number of benzene rings is 1. The summed E-state index contributed by atoms with van der Waals surface area (Å²) in [7, 11) is 0. The van der Waals surface area contributed by atoms with Gasteiger partial charge in [0.2, 0.25) is 5.78 Å². The molecule has 1 heterocycles. The summed E-state index contributed by atoms with van der Waals surface area (Å²) in [4.78, 5) is 37.4. The van der Waals surface area contributed by atoms with Gasteiger partial charge in [-0.25, -0.2) is 4.39 Å². The summed E-state index contributed by atoms with van der Waals surface area (Å²) in [6.45, 7) is 0. The van der Waals surface area contributed by atoms with Crippen molar-refractivity contribution < 1.29 is 28.2 Å². The number of hydrogen-bond acceptors (Lipinski definition) is 5. The molecule has 3 fully saturated rings. The molecule has 0 radical (unpaired) electrons. The van der Waals surface area contributed by atoms with Crippen LogP contribution in [-0.2, 0) is 19.1 Å². The summed E-state index contributed by atoms with van der Waals surface area (Å²) in [6.07, 6.45) is 0.507. The number of carbonyl (C=O) groups is 3. The fourth-order valence-electron chi connectivity index (χ4n) is 4.69. The van der Waals surface area contributed by atoms with Gasteiger partial charge in [-0.15, -0.1) is 11.6 Å². The predicted octanol–water partition coefficient (Wildman–Crippen LogP) is 2.75. The second kappa shape index (κ2) is 6.65. The van der Waals surface area contributed by atoms with Gasteiger partial charge >= 0.3 is 11.9 Å². The number of alkyl halides is 1. The molecule has 1 aliphatic heterocycles. The molecule has 26 heavy (non-hydrogen) atoms. The van der Waals surface area contributed by atoms with Crippen molar-refractivity contribution in [2.75, 3.05) is 5.88 Å². The van der Waals surface area contributed by atoms with Crippen LogP contribution < -0.4 is 0 Å². The Labute approximate surface area is 154 Å². The Kier molecular flexibility index (Phi) is 4.47. The van der Waals surface area contributed by atoms with Gasteiger partial charge in [0.25, 0.3) is 0 Å². The van der Waals surface area contributed by atoms with Crippen molar-refractivity contribution in [3.8, 4) is 0 Å². The highest BCUT2D eigenvalue weighted by Gasteiger charge is 2.64. The summed E-state index contributed by atoms with van der Waals surface area (Å²) in [5.41, 5.74) is 0.252. The molecule has 2 aliphatic carbocycles. The lowest BCUT2D eigenvalue weighted by Crippen LogP contribution is -2.37. The van der Waals surface area contributed by atoms with Gasteiger partial charge in [0.1, 0.15) is 11.9 Å². The van der Waals surface area contributed by atoms with Crippen LogP contribution in [0.3, 0.4) is 0 Å². The van der Waals surface area contributed by atoms with Crippen LogP contribution in [0.4, 0.5) is 4.39 Å². The maximum atomic E-state index is 13.1. The molecule has 0 N–H and O–H groups in total. The smallest absolute Gasteiger partial charge is 0.310 e. The minimum Gasteiger partial charge on any atom is -0.462 e. The van der Waals surface area contributed by atoms with Gasteiger partial charge in [-0.05, 0) is 43.0 Å². The first kappa shape index (κ1) is 17.5. The molecular formula is C19H18ClFO5. The van der Waals surface area contributed by atoms with Crippen molar-refractivity contribution >= 4 is 29.3 Å². The molecule has 2 bridgehead atoms. The minimum atomic E-state index is -1.04. The number of esters is 2. The Bertz CT molecular complexity index is 747. The van der Waals surface area contributed by atoms with E-state index in [0.717, 1.165) is 6.42 Å². The van der Waals surface area contributed by atoms with Gasteiger partial charge in [0.15, 0.2) is 6.10 Å². The molecule has 138 valence electrons. The van der Waals surface area contributed by atoms with Crippen molar-refractivity contribution in [1.29, 1.82) is 0 Å². The first-order chi connectivity index (χ1) is 12.5. The molecule has 1 aromatic carbocycles. The summed E-state index contributed by atoms with van der Waals surface area (Å²) >= 11 is 5.77. The van der Waals surface area contributed by atoms with E-state index in [4.69, 9.17) is 21.1 Å². The number of carbonyl (C=O) groups excluding carboxylic acids is 3. The van der Waals surface area contributed by atoms with E-state index in [-0.39, 0.29) is 41.8 Å². The lowest BCUT2D eigenvalue weighted by molar-refractivity contribution is -0.158. The highest BCUT2D eigenvalue weighted by molar-refractivity contribution is 6.18. The van der Waals surface area contributed by atoms with E-state index >= 15 is 0 Å². The predicted molar refractivity (Wildman–Crippen MR) is 89.0 cm³/mol. The molecular weight excluding hydrogens is 363 g/mol. The van der Waals surface area contributed by atoms with Crippen LogP contribution in [0.5, 0.6) is 0 Å². The molecule has 1 saturated heterocycles. The van der Waals surface area contributed by atoms with E-state index in [9.17, 15) is 18.8 Å². The molecule has 0 unspecified atom stereocenters. The Morgan fingerprint density at radius 3 is 2.69 bits per heavy atom. The fraction of sp³-hybridized carbons (Fsp3) is 0.526. The van der Waals surface area contributed by atoms with Gasteiger partial charge in [0, 0.05) is 23.8 Å². The Morgan fingerprint density at radius 2 is 2.00 bits per heavy atom. The SMILES string of the molecule is O=C(O[C@@H](CCCl)C(=O)c1ccc(F)cc1)[C@@H]1[C@@H]2C[C@@H]3[C@H]1C(=O)O[C@@H]3C2. The molecule has 0 aromatic heterocycles. The number of ketones is 1. The molecule has 6 atom stereocenters. The average Bonchev–Trinajstić information content (AvgIpc) is 3.23. The highest BCUT2D eigenvalue weighted by atomic mass is 35.5. The third-order valence-electron chi connectivity index (χ3n) is 5.81. The molecule has 0 spiro atoms. The second-order valence-corrected chi connectivity index (χ2v) is 7.57. The van der Waals surface area contributed by atoms with Gasteiger partial charge in [-0.2, -0.15) is 0 Å². The van der Waals surface area contributed by atoms with Crippen LogP contribution in [0.1, 0.15) is 29.6 Å². The Hall–Kier alpha value is -1.95. The maximum Gasteiger partial charge on any atom is 0.310 e. The summed E-state index contributed by atoms with van der Waals surface area (Å²) in [5.74, 6) is -2.47. The van der Waals surface area contributed by atoms with Crippen LogP contribution in [0, 0.1) is 29.5 Å². The van der Waals surface area contributed by atoms with E-state index in [0.29, 0.717) is 6.42 Å². The quantitative estimate of drug-likeness (QED) is 0.431. The lowest BCUT2D eigenvalue weighted by atomic mass is 9.80. The summed E-state index contributed by atoms with van der Waals surface area (Å²) in [5, 5.41) is 0. The first-order valence-corrected chi connectivity index (χ1v) is 9.29. The zero-order valence-electron chi connectivity index (χ0n) is 13.9. The number of rotatable bonds is 6. The van der Waals surface area contributed by atoms with Crippen molar-refractivity contribution in [2.45, 2.75) is 31.5 Å². The summed E-state index contributed by atoms with van der Waals surface area (Å²) in [6, 6.07) is 5.06. The largest absolute Gasteiger partial charge is 0.462 e. The number of hydrogen-bond donors (Lipinski definition) is 0. The second-order valence-electron chi connectivity index (χ2n) is 7.20. The normalized spacial score (nSPS) is 32.4. The molecule has 3 aliphatic rings. The summed E-state index contributed by atoms with van der Waals surface area (Å²) < 4.78 is 23.9. The van der Waals surface area contributed by atoms with Crippen LogP contribution in [-0.4, -0.2) is 35.8 Å². The molecule has 2 saturated carbocycles. The first-order valence-electron chi connectivity index (χ1n) is 8.76. The fourth-order valence-corrected chi connectivity index (χ4v) is 4.88. The third-order valence-corrected chi connectivity index (χ3v) is 6.02. The van der Waals surface area contributed by atoms with Crippen molar-refractivity contribution in [3.05, 3.63) is 35.6 Å². The Balaban J connectivity index is 1.50. The molecule has 0 amide bonds. The number of Topliss-reactive ketones (excluding diaryl/α,β-unsaturated/α-hetero) is 1. The van der Waals surface area contributed by atoms with E-state index in [1.54, 1.807) is 0 Å². The topological polar surface area (TPSA) is 69.7 Å². The molecule has 5 nitrogen and oxygen atoms in total. The number of halogens is 2. The zero-order chi connectivity index (χ0) is 18.4. The maximum absolute atomic E-state index is 13.1. The van der Waals surface area contributed by atoms with Crippen molar-refractivity contribution in [1.82, 2.24) is 0 Å². The standard InChI is InChI=1S/C19H18ClFO5/c20-6-5-13(17(22)9-1-3-11(21)4-2-9)25-18(23)15-10-7-12-14(8-10)26-19(24)16(12)15/h1-4,10,12-16H,5-8H2/t10-,12+,13+,14-,15-,16-/m1/s1. The highest BCUT2D eigenvalue weighted by Crippen LogP contribution is 2.58. The van der Waals surface area contributed by atoms with Gasteiger partial charge in [-0.3, -0.25) is 14.4 Å². The van der Waals surface area contributed by atoms with E-state index < -0.39 is 35.5 Å². The molecule has 4 rings (SSSR count). The third kappa shape index (κ3) is 2.80. The van der Waals surface area contributed by atoms with E-state index in [1.165, 1.54) is 24.3 Å². The minimum absolute atomic E-state index is 0.0616. The van der Waals surface area contributed by atoms with Crippen LogP contribution in [0.25, 0.3) is 0 Å². The van der Waals surface area contributed by atoms with Gasteiger partial charge in [-0.1, -0.05) is 0 Å². The van der Waals surface area contributed by atoms with Crippen molar-refractivity contribution in [2.24, 2.45) is 23.7 Å².